The molecule has 0 bridgehead atoms. The van der Waals surface area contributed by atoms with Gasteiger partial charge in [0.1, 0.15) is 17.3 Å². The summed E-state index contributed by atoms with van der Waals surface area (Å²) in [4.78, 5) is 25.1. The van der Waals surface area contributed by atoms with Gasteiger partial charge in [0.15, 0.2) is 0 Å². The number of amides is 1. The normalized spacial score (nSPS) is 11.4. The molecule has 0 aliphatic heterocycles. The third-order valence-electron chi connectivity index (χ3n) is 4.80. The highest BCUT2D eigenvalue weighted by Crippen LogP contribution is 2.23. The Hall–Kier alpha value is -2.97. The van der Waals surface area contributed by atoms with Gasteiger partial charge in [0, 0.05) is 16.4 Å². The van der Waals surface area contributed by atoms with E-state index in [9.17, 15) is 22.4 Å². The lowest BCUT2D eigenvalue weighted by molar-refractivity contribution is -0.116. The van der Waals surface area contributed by atoms with E-state index >= 15 is 0 Å². The van der Waals surface area contributed by atoms with Crippen LogP contribution in [0.4, 0.5) is 10.1 Å². The minimum atomic E-state index is -4.13. The van der Waals surface area contributed by atoms with E-state index in [1.165, 1.54) is 55.5 Å². The Kier molecular flexibility index (Phi) is 6.33. The molecule has 0 unspecified atom stereocenters. The zero-order valence-corrected chi connectivity index (χ0v) is 18.6. The highest BCUT2D eigenvalue weighted by Gasteiger charge is 2.26. The summed E-state index contributed by atoms with van der Waals surface area (Å²) in [6.45, 7) is 4.30. The zero-order valence-electron chi connectivity index (χ0n) is 17.1. The molecule has 0 aliphatic rings. The molecule has 9 heteroatoms. The summed E-state index contributed by atoms with van der Waals surface area (Å²) in [6, 6.07) is 11.2. The summed E-state index contributed by atoms with van der Waals surface area (Å²) >= 11 is 5.83. The Labute approximate surface area is 184 Å². The lowest BCUT2D eigenvalue weighted by Crippen LogP contribution is -2.33. The van der Waals surface area contributed by atoms with E-state index < -0.39 is 38.6 Å². The molecule has 6 nitrogen and oxygen atoms in total. The topological polar surface area (TPSA) is 85.2 Å². The maximum atomic E-state index is 13.7. The number of carbonyl (C=O) groups is 1. The quantitative estimate of drug-likeness (QED) is 0.620. The summed E-state index contributed by atoms with van der Waals surface area (Å²) < 4.78 is 41.0. The van der Waals surface area contributed by atoms with Gasteiger partial charge in [0.2, 0.25) is 15.7 Å². The van der Waals surface area contributed by atoms with Crippen LogP contribution >= 0.6 is 11.6 Å². The third-order valence-corrected chi connectivity index (χ3v) is 6.98. The number of hydrogen-bond acceptors (Lipinski definition) is 4. The highest BCUT2D eigenvalue weighted by molar-refractivity contribution is 7.91. The Bertz CT molecular complexity index is 1330. The molecule has 0 saturated carbocycles. The maximum absolute atomic E-state index is 13.7. The number of pyridine rings is 1. The van der Waals surface area contributed by atoms with Crippen LogP contribution in [0.25, 0.3) is 0 Å². The van der Waals surface area contributed by atoms with Crippen LogP contribution in [-0.2, 0) is 21.2 Å². The lowest BCUT2D eigenvalue weighted by atomic mass is 10.2. The number of sulfone groups is 1. The molecule has 0 atom stereocenters. The van der Waals surface area contributed by atoms with Gasteiger partial charge in [-0.15, -0.1) is 0 Å². The molecule has 0 spiro atoms. The Morgan fingerprint density at radius 3 is 2.29 bits per heavy atom. The van der Waals surface area contributed by atoms with E-state index in [2.05, 4.69) is 5.32 Å². The van der Waals surface area contributed by atoms with Gasteiger partial charge in [-0.2, -0.15) is 0 Å². The second-order valence-corrected chi connectivity index (χ2v) is 9.48. The number of hydrogen-bond donors (Lipinski definition) is 1. The van der Waals surface area contributed by atoms with Gasteiger partial charge in [-0.25, -0.2) is 12.8 Å². The number of nitrogens with zero attached hydrogens (tertiary/aromatic N) is 1. The molecule has 0 fully saturated rings. The monoisotopic (exact) mass is 462 g/mol. The molecule has 2 aromatic carbocycles. The van der Waals surface area contributed by atoms with E-state index in [1.807, 2.05) is 0 Å². The molecule has 0 radical (unpaired) electrons. The van der Waals surface area contributed by atoms with Crippen molar-refractivity contribution < 1.29 is 17.6 Å². The zero-order chi connectivity index (χ0) is 22.9. The first-order chi connectivity index (χ1) is 14.5. The number of aryl methyl sites for hydroxylation is 3. The van der Waals surface area contributed by atoms with E-state index in [-0.39, 0.29) is 16.1 Å². The molecule has 3 rings (SSSR count). The first-order valence-corrected chi connectivity index (χ1v) is 11.1. The number of rotatable bonds is 5. The van der Waals surface area contributed by atoms with Crippen LogP contribution in [0.3, 0.4) is 0 Å². The van der Waals surface area contributed by atoms with Crippen molar-refractivity contribution in [3.63, 3.8) is 0 Å². The number of halogens is 2. The molecule has 162 valence electrons. The Morgan fingerprint density at radius 2 is 1.68 bits per heavy atom. The van der Waals surface area contributed by atoms with Crippen LogP contribution in [0, 0.1) is 26.6 Å². The van der Waals surface area contributed by atoms with Crippen LogP contribution in [0.15, 0.2) is 63.1 Å². The minimum Gasteiger partial charge on any atom is -0.324 e. The molecule has 0 aliphatic carbocycles. The van der Waals surface area contributed by atoms with Crippen molar-refractivity contribution in [1.82, 2.24) is 4.57 Å². The predicted octanol–water partition coefficient (Wildman–Crippen LogP) is 4.04. The van der Waals surface area contributed by atoms with E-state index in [0.717, 1.165) is 4.57 Å². The standard InChI is InChI=1S/C22H20ClFN2O4S/c1-13-4-7-17(11-19(13)24)25-20(27)12-26-15(3)10-14(2)21(22(26)28)31(29,30)18-8-5-16(23)6-9-18/h4-11H,12H2,1-3H3,(H,25,27). The molecule has 1 amide bonds. The second kappa shape index (κ2) is 8.64. The fourth-order valence-corrected chi connectivity index (χ4v) is 4.86. The molecular weight excluding hydrogens is 443 g/mol. The second-order valence-electron chi connectivity index (χ2n) is 7.16. The molecule has 1 N–H and O–H groups in total. The molecule has 1 heterocycles. The van der Waals surface area contributed by atoms with Crippen molar-refractivity contribution in [3.8, 4) is 0 Å². The van der Waals surface area contributed by atoms with Gasteiger partial charge in [0.25, 0.3) is 5.56 Å². The van der Waals surface area contributed by atoms with Crippen molar-refractivity contribution in [2.24, 2.45) is 0 Å². The largest absolute Gasteiger partial charge is 0.324 e. The first kappa shape index (κ1) is 22.7. The Morgan fingerprint density at radius 1 is 1.03 bits per heavy atom. The van der Waals surface area contributed by atoms with Gasteiger partial charge < -0.3 is 9.88 Å². The molecule has 3 aromatic rings. The van der Waals surface area contributed by atoms with Gasteiger partial charge in [0.05, 0.1) is 4.90 Å². The number of benzene rings is 2. The smallest absolute Gasteiger partial charge is 0.270 e. The Balaban J connectivity index is 1.98. The van der Waals surface area contributed by atoms with Crippen molar-refractivity contribution in [3.05, 3.63) is 86.5 Å². The SMILES string of the molecule is Cc1ccc(NC(=O)Cn2c(C)cc(C)c(S(=O)(=O)c3ccc(Cl)cc3)c2=O)cc1F. The molecule has 31 heavy (non-hydrogen) atoms. The van der Waals surface area contributed by atoms with E-state index in [1.54, 1.807) is 13.8 Å². The predicted molar refractivity (Wildman–Crippen MR) is 117 cm³/mol. The average Bonchev–Trinajstić information content (AvgIpc) is 2.68. The van der Waals surface area contributed by atoms with Crippen LogP contribution in [-0.4, -0.2) is 18.9 Å². The first-order valence-electron chi connectivity index (χ1n) is 9.28. The van der Waals surface area contributed by atoms with Crippen LogP contribution in [0.1, 0.15) is 16.8 Å². The van der Waals surface area contributed by atoms with Gasteiger partial charge in [-0.05, 0) is 74.4 Å². The van der Waals surface area contributed by atoms with Crippen molar-refractivity contribution >= 4 is 33.0 Å². The van der Waals surface area contributed by atoms with Crippen molar-refractivity contribution in [1.29, 1.82) is 0 Å². The number of aromatic nitrogens is 1. The highest BCUT2D eigenvalue weighted by atomic mass is 35.5. The lowest BCUT2D eigenvalue weighted by Gasteiger charge is -2.15. The van der Waals surface area contributed by atoms with E-state index in [0.29, 0.717) is 16.3 Å². The van der Waals surface area contributed by atoms with Gasteiger partial charge in [-0.3, -0.25) is 9.59 Å². The van der Waals surface area contributed by atoms with Crippen molar-refractivity contribution in [2.75, 3.05) is 5.32 Å². The van der Waals surface area contributed by atoms with Crippen LogP contribution < -0.4 is 10.9 Å². The fourth-order valence-electron chi connectivity index (χ4n) is 3.18. The summed E-state index contributed by atoms with van der Waals surface area (Å²) in [7, 11) is -4.13. The maximum Gasteiger partial charge on any atom is 0.270 e. The summed E-state index contributed by atoms with van der Waals surface area (Å²) in [5.41, 5.74) is 0.552. The summed E-state index contributed by atoms with van der Waals surface area (Å²) in [6.07, 6.45) is 0. The average molecular weight is 463 g/mol. The molecule has 0 saturated heterocycles. The van der Waals surface area contributed by atoms with Crippen LogP contribution in [0.2, 0.25) is 5.02 Å². The van der Waals surface area contributed by atoms with Gasteiger partial charge in [-0.1, -0.05) is 17.7 Å². The number of carbonyl (C=O) groups excluding carboxylic acids is 1. The number of nitrogens with one attached hydrogen (secondary N) is 1. The third kappa shape index (κ3) is 4.70. The minimum absolute atomic E-state index is 0.0768. The fraction of sp³-hybridized carbons (Fsp3) is 0.182. The summed E-state index contributed by atoms with van der Waals surface area (Å²) in [5, 5.41) is 2.88. The molecular formula is C22H20ClFN2O4S. The van der Waals surface area contributed by atoms with Crippen LogP contribution in [0.5, 0.6) is 0 Å². The van der Waals surface area contributed by atoms with Gasteiger partial charge >= 0.3 is 0 Å². The van der Waals surface area contributed by atoms with E-state index in [4.69, 9.17) is 11.6 Å². The molecule has 1 aromatic heterocycles. The number of anilines is 1. The summed E-state index contributed by atoms with van der Waals surface area (Å²) in [5.74, 6) is -1.06. The van der Waals surface area contributed by atoms with Crippen molar-refractivity contribution in [2.45, 2.75) is 37.1 Å².